The van der Waals surface area contributed by atoms with Gasteiger partial charge in [-0.3, -0.25) is 9.69 Å². The lowest BCUT2D eigenvalue weighted by Crippen LogP contribution is -2.33. The molecule has 0 fully saturated rings. The smallest absolute Gasteiger partial charge is 0.259 e. The number of H-pyrrole nitrogens is 1. The van der Waals surface area contributed by atoms with E-state index in [0.29, 0.717) is 31.9 Å². The maximum absolute atomic E-state index is 12.5. The van der Waals surface area contributed by atoms with Crippen molar-refractivity contribution >= 4 is 21.6 Å². The van der Waals surface area contributed by atoms with Crippen molar-refractivity contribution in [1.82, 2.24) is 14.9 Å². The number of nitrogens with one attached hydrogen (secondary N) is 1. The lowest BCUT2D eigenvalue weighted by Gasteiger charge is -2.22. The van der Waals surface area contributed by atoms with Gasteiger partial charge in [-0.2, -0.15) is 0 Å². The number of nitrogens with zero attached hydrogens (tertiary/aromatic N) is 2. The van der Waals surface area contributed by atoms with Gasteiger partial charge in [0, 0.05) is 18.0 Å². The van der Waals surface area contributed by atoms with E-state index in [1.165, 1.54) is 10.4 Å². The molecular weight excluding hydrogens is 310 g/mol. The van der Waals surface area contributed by atoms with E-state index in [4.69, 9.17) is 0 Å². The van der Waals surface area contributed by atoms with Gasteiger partial charge in [0.2, 0.25) is 0 Å². The van der Waals surface area contributed by atoms with E-state index < -0.39 is 0 Å². The van der Waals surface area contributed by atoms with Crippen LogP contribution in [-0.2, 0) is 19.4 Å². The fourth-order valence-electron chi connectivity index (χ4n) is 3.15. The van der Waals surface area contributed by atoms with E-state index in [1.54, 1.807) is 17.4 Å². The summed E-state index contributed by atoms with van der Waals surface area (Å²) in [5.74, 6) is 0.660. The maximum atomic E-state index is 12.5. The van der Waals surface area contributed by atoms with Crippen molar-refractivity contribution in [3.63, 3.8) is 0 Å². The van der Waals surface area contributed by atoms with Crippen LogP contribution in [0.3, 0.4) is 0 Å². The van der Waals surface area contributed by atoms with Crippen molar-refractivity contribution in [3.05, 3.63) is 39.3 Å². The zero-order chi connectivity index (χ0) is 16.4. The van der Waals surface area contributed by atoms with Gasteiger partial charge < -0.3 is 10.1 Å². The molecule has 0 saturated carbocycles. The van der Waals surface area contributed by atoms with Crippen molar-refractivity contribution < 1.29 is 5.11 Å². The van der Waals surface area contributed by atoms with E-state index >= 15 is 0 Å². The molecule has 3 rings (SSSR count). The van der Waals surface area contributed by atoms with Crippen LogP contribution in [0.25, 0.3) is 10.2 Å². The van der Waals surface area contributed by atoms with E-state index in [9.17, 15) is 9.90 Å². The monoisotopic (exact) mass is 333 g/mol. The Bertz CT molecular complexity index is 765. The SMILES string of the molecule is C=CCN(Cc1nc2sc3c(c2c(=O)[nH]1)CCC3)CC(O)CC. The molecule has 5 nitrogen and oxygen atoms in total. The summed E-state index contributed by atoms with van der Waals surface area (Å²) in [4.78, 5) is 24.3. The second kappa shape index (κ2) is 6.95. The molecule has 1 aliphatic carbocycles. The summed E-state index contributed by atoms with van der Waals surface area (Å²) in [6.07, 6.45) is 5.32. The summed E-state index contributed by atoms with van der Waals surface area (Å²) in [6.45, 7) is 7.43. The molecule has 0 bridgehead atoms. The van der Waals surface area contributed by atoms with E-state index in [2.05, 4.69) is 16.5 Å². The van der Waals surface area contributed by atoms with Crippen LogP contribution in [-0.4, -0.2) is 39.2 Å². The first-order valence-electron chi connectivity index (χ1n) is 8.17. The molecule has 23 heavy (non-hydrogen) atoms. The molecule has 2 aromatic rings. The van der Waals surface area contributed by atoms with Crippen molar-refractivity contribution in [3.8, 4) is 0 Å². The lowest BCUT2D eigenvalue weighted by atomic mass is 10.2. The Morgan fingerprint density at radius 1 is 1.52 bits per heavy atom. The number of hydrogen-bond donors (Lipinski definition) is 2. The number of aliphatic hydroxyl groups is 1. The summed E-state index contributed by atoms with van der Waals surface area (Å²) in [5, 5.41) is 10.7. The fraction of sp³-hybridized carbons (Fsp3) is 0.529. The van der Waals surface area contributed by atoms with Gasteiger partial charge in [-0.15, -0.1) is 17.9 Å². The van der Waals surface area contributed by atoms with Crippen LogP contribution in [0, 0.1) is 0 Å². The second-order valence-electron chi connectivity index (χ2n) is 6.09. The lowest BCUT2D eigenvalue weighted by molar-refractivity contribution is 0.111. The molecule has 0 spiro atoms. The molecule has 1 atom stereocenters. The van der Waals surface area contributed by atoms with Gasteiger partial charge in [0.15, 0.2) is 0 Å². The minimum Gasteiger partial charge on any atom is -0.392 e. The molecule has 0 saturated heterocycles. The van der Waals surface area contributed by atoms with Crippen molar-refractivity contribution in [2.75, 3.05) is 13.1 Å². The van der Waals surface area contributed by atoms with Gasteiger partial charge in [-0.05, 0) is 31.2 Å². The Morgan fingerprint density at radius 3 is 3.09 bits per heavy atom. The van der Waals surface area contributed by atoms with Crippen molar-refractivity contribution in [1.29, 1.82) is 0 Å². The van der Waals surface area contributed by atoms with Crippen LogP contribution in [0.1, 0.15) is 36.0 Å². The second-order valence-corrected chi connectivity index (χ2v) is 7.18. The van der Waals surface area contributed by atoms with Crippen LogP contribution in [0.15, 0.2) is 17.4 Å². The molecule has 0 radical (unpaired) electrons. The van der Waals surface area contributed by atoms with Gasteiger partial charge in [0.05, 0.1) is 18.0 Å². The summed E-state index contributed by atoms with van der Waals surface area (Å²) in [6, 6.07) is 0. The highest BCUT2D eigenvalue weighted by Crippen LogP contribution is 2.34. The predicted octanol–water partition coefficient (Wildman–Crippen LogP) is 2.23. The third-order valence-electron chi connectivity index (χ3n) is 4.32. The zero-order valence-electron chi connectivity index (χ0n) is 13.5. The first-order valence-corrected chi connectivity index (χ1v) is 8.98. The summed E-state index contributed by atoms with van der Waals surface area (Å²) in [5.41, 5.74) is 1.17. The predicted molar refractivity (Wildman–Crippen MR) is 94.0 cm³/mol. The van der Waals surface area contributed by atoms with Crippen LogP contribution < -0.4 is 5.56 Å². The Balaban J connectivity index is 1.87. The standard InChI is InChI=1S/C17H23N3O2S/c1-3-8-20(9-11(21)4-2)10-14-18-16(22)15-12-6-5-7-13(12)23-17(15)19-14/h3,11,21H,1,4-10H2,2H3,(H,18,19,22). The molecule has 6 heteroatoms. The summed E-state index contributed by atoms with van der Waals surface area (Å²) < 4.78 is 0. The number of hydrogen-bond acceptors (Lipinski definition) is 5. The van der Waals surface area contributed by atoms with Crippen LogP contribution in [0.4, 0.5) is 0 Å². The van der Waals surface area contributed by atoms with Gasteiger partial charge in [0.1, 0.15) is 10.7 Å². The van der Waals surface area contributed by atoms with Crippen LogP contribution in [0.2, 0.25) is 0 Å². The molecule has 124 valence electrons. The highest BCUT2D eigenvalue weighted by atomic mass is 32.1. The number of fused-ring (bicyclic) bond motifs is 3. The number of aryl methyl sites for hydroxylation is 2. The molecule has 1 aliphatic rings. The third-order valence-corrected chi connectivity index (χ3v) is 5.51. The third kappa shape index (κ3) is 3.39. The molecule has 2 aromatic heterocycles. The molecule has 2 N–H and O–H groups in total. The number of thiophene rings is 1. The highest BCUT2D eigenvalue weighted by molar-refractivity contribution is 7.18. The van der Waals surface area contributed by atoms with Gasteiger partial charge in [0.25, 0.3) is 5.56 Å². The average molecular weight is 333 g/mol. The Kier molecular flexibility index (Phi) is 4.94. The van der Waals surface area contributed by atoms with E-state index in [-0.39, 0.29) is 11.7 Å². The van der Waals surface area contributed by atoms with Crippen LogP contribution in [0.5, 0.6) is 0 Å². The number of aromatic amines is 1. The van der Waals surface area contributed by atoms with E-state index in [0.717, 1.165) is 29.5 Å². The number of aromatic nitrogens is 2. The van der Waals surface area contributed by atoms with E-state index in [1.807, 2.05) is 11.8 Å². The molecule has 0 aliphatic heterocycles. The molecule has 0 amide bonds. The molecular formula is C17H23N3O2S. The Labute approximate surface area is 139 Å². The van der Waals surface area contributed by atoms with Gasteiger partial charge >= 0.3 is 0 Å². The number of aliphatic hydroxyl groups excluding tert-OH is 1. The minimum absolute atomic E-state index is 0.0287. The van der Waals surface area contributed by atoms with Crippen molar-refractivity contribution in [2.24, 2.45) is 0 Å². The Hall–Kier alpha value is -1.50. The zero-order valence-corrected chi connectivity index (χ0v) is 14.3. The van der Waals surface area contributed by atoms with Gasteiger partial charge in [-0.25, -0.2) is 4.98 Å². The average Bonchev–Trinajstić information content (AvgIpc) is 3.07. The molecule has 2 heterocycles. The largest absolute Gasteiger partial charge is 0.392 e. The van der Waals surface area contributed by atoms with Crippen LogP contribution >= 0.6 is 11.3 Å². The Morgan fingerprint density at radius 2 is 2.35 bits per heavy atom. The van der Waals surface area contributed by atoms with Crippen molar-refractivity contribution in [2.45, 2.75) is 45.3 Å². The maximum Gasteiger partial charge on any atom is 0.259 e. The topological polar surface area (TPSA) is 69.2 Å². The number of rotatable bonds is 7. The van der Waals surface area contributed by atoms with Gasteiger partial charge in [-0.1, -0.05) is 13.0 Å². The highest BCUT2D eigenvalue weighted by Gasteiger charge is 2.21. The summed E-state index contributed by atoms with van der Waals surface area (Å²) in [7, 11) is 0. The molecule has 1 unspecified atom stereocenters. The minimum atomic E-state index is -0.379. The first-order chi connectivity index (χ1) is 11.1. The molecule has 0 aromatic carbocycles. The first kappa shape index (κ1) is 16.4. The summed E-state index contributed by atoms with van der Waals surface area (Å²) >= 11 is 1.65. The normalized spacial score (nSPS) is 15.3. The fourth-order valence-corrected chi connectivity index (χ4v) is 4.43. The quantitative estimate of drug-likeness (QED) is 0.763.